The molecule has 0 spiro atoms. The van der Waals surface area contributed by atoms with Gasteiger partial charge in [0.2, 0.25) is 0 Å². The van der Waals surface area contributed by atoms with Crippen LogP contribution in [0.25, 0.3) is 0 Å². The molecule has 24 heavy (non-hydrogen) atoms. The molecule has 1 aliphatic rings. The van der Waals surface area contributed by atoms with Gasteiger partial charge in [0.15, 0.2) is 11.5 Å². The van der Waals surface area contributed by atoms with Crippen molar-refractivity contribution in [3.8, 4) is 11.5 Å². The van der Waals surface area contributed by atoms with Gasteiger partial charge in [0.1, 0.15) is 6.04 Å². The molecule has 1 aliphatic carbocycles. The highest BCUT2D eigenvalue weighted by Gasteiger charge is 2.25. The minimum absolute atomic E-state index is 0.139. The van der Waals surface area contributed by atoms with Gasteiger partial charge < -0.3 is 19.9 Å². The van der Waals surface area contributed by atoms with Gasteiger partial charge in [-0.3, -0.25) is 4.79 Å². The molecule has 132 valence electrons. The number of carbonyl (C=O) groups is 2. The van der Waals surface area contributed by atoms with Crippen LogP contribution in [0.1, 0.15) is 49.9 Å². The molecular formula is C18H25NO5. The number of ether oxygens (including phenoxy) is 2. The fourth-order valence-electron chi connectivity index (χ4n) is 2.83. The third-order valence-electron chi connectivity index (χ3n) is 4.24. The van der Waals surface area contributed by atoms with Crippen molar-refractivity contribution in [2.75, 3.05) is 7.11 Å². The highest BCUT2D eigenvalue weighted by Crippen LogP contribution is 2.32. The Kier molecular flexibility index (Phi) is 6.06. The van der Waals surface area contributed by atoms with Crippen molar-refractivity contribution >= 4 is 11.9 Å². The van der Waals surface area contributed by atoms with Crippen molar-refractivity contribution in [3.05, 3.63) is 23.8 Å². The zero-order valence-electron chi connectivity index (χ0n) is 14.4. The van der Waals surface area contributed by atoms with Crippen molar-refractivity contribution in [1.29, 1.82) is 0 Å². The van der Waals surface area contributed by atoms with E-state index in [2.05, 4.69) is 5.32 Å². The number of hydrogen-bond acceptors (Lipinski definition) is 4. The topological polar surface area (TPSA) is 84.9 Å². The van der Waals surface area contributed by atoms with Crippen molar-refractivity contribution in [2.24, 2.45) is 5.92 Å². The van der Waals surface area contributed by atoms with Gasteiger partial charge in [-0.2, -0.15) is 0 Å². The Morgan fingerprint density at radius 1 is 1.21 bits per heavy atom. The quantitative estimate of drug-likeness (QED) is 0.800. The lowest BCUT2D eigenvalue weighted by Crippen LogP contribution is -2.44. The van der Waals surface area contributed by atoms with Gasteiger partial charge >= 0.3 is 5.97 Å². The molecule has 1 saturated carbocycles. The molecule has 2 rings (SSSR count). The Labute approximate surface area is 142 Å². The molecular weight excluding hydrogens is 310 g/mol. The summed E-state index contributed by atoms with van der Waals surface area (Å²) >= 11 is 0. The SMILES string of the molecule is COc1ccc(C(=O)N[C@@H](C(=O)O)C(C)C)cc1OC1CCCC1. The maximum atomic E-state index is 12.4. The lowest BCUT2D eigenvalue weighted by atomic mass is 10.0. The monoisotopic (exact) mass is 335 g/mol. The third kappa shape index (κ3) is 4.40. The average molecular weight is 335 g/mol. The van der Waals surface area contributed by atoms with Crippen molar-refractivity contribution in [2.45, 2.75) is 51.7 Å². The fourth-order valence-corrected chi connectivity index (χ4v) is 2.83. The minimum atomic E-state index is -1.05. The summed E-state index contributed by atoms with van der Waals surface area (Å²) in [7, 11) is 1.55. The van der Waals surface area contributed by atoms with E-state index < -0.39 is 17.9 Å². The van der Waals surface area contributed by atoms with Crippen molar-refractivity contribution < 1.29 is 24.2 Å². The highest BCUT2D eigenvalue weighted by molar-refractivity contribution is 5.97. The number of amides is 1. The van der Waals surface area contributed by atoms with E-state index in [4.69, 9.17) is 9.47 Å². The molecule has 1 aromatic carbocycles. The van der Waals surface area contributed by atoms with E-state index >= 15 is 0 Å². The van der Waals surface area contributed by atoms with Crippen LogP contribution in [0.15, 0.2) is 18.2 Å². The zero-order chi connectivity index (χ0) is 17.7. The first kappa shape index (κ1) is 18.1. The van der Waals surface area contributed by atoms with E-state index in [0.717, 1.165) is 25.7 Å². The summed E-state index contributed by atoms with van der Waals surface area (Å²) in [6.07, 6.45) is 4.41. The van der Waals surface area contributed by atoms with Gasteiger partial charge in [0, 0.05) is 5.56 Å². The van der Waals surface area contributed by atoms with Gasteiger partial charge in [0.25, 0.3) is 5.91 Å². The van der Waals surface area contributed by atoms with Crippen LogP contribution in [0.4, 0.5) is 0 Å². The number of methoxy groups -OCH3 is 1. The van der Waals surface area contributed by atoms with Crippen LogP contribution in [0, 0.1) is 5.92 Å². The van der Waals surface area contributed by atoms with Crippen LogP contribution in [0.5, 0.6) is 11.5 Å². The first-order valence-corrected chi connectivity index (χ1v) is 8.30. The van der Waals surface area contributed by atoms with Gasteiger partial charge in [-0.15, -0.1) is 0 Å². The number of benzene rings is 1. The number of carboxylic acid groups (broad SMARTS) is 1. The molecule has 0 aliphatic heterocycles. The molecule has 6 heteroatoms. The molecule has 1 fully saturated rings. The Morgan fingerprint density at radius 3 is 2.42 bits per heavy atom. The van der Waals surface area contributed by atoms with Gasteiger partial charge in [-0.1, -0.05) is 13.8 Å². The Hall–Kier alpha value is -2.24. The van der Waals surface area contributed by atoms with E-state index in [1.54, 1.807) is 39.2 Å². The van der Waals surface area contributed by atoms with Crippen LogP contribution >= 0.6 is 0 Å². The summed E-state index contributed by atoms with van der Waals surface area (Å²) in [5, 5.41) is 11.8. The second kappa shape index (κ2) is 8.04. The van der Waals surface area contributed by atoms with Crippen LogP contribution in [0.2, 0.25) is 0 Å². The molecule has 0 unspecified atom stereocenters. The van der Waals surface area contributed by atoms with E-state index in [1.807, 2.05) is 0 Å². The smallest absolute Gasteiger partial charge is 0.326 e. The maximum absolute atomic E-state index is 12.4. The van der Waals surface area contributed by atoms with E-state index in [-0.39, 0.29) is 12.0 Å². The van der Waals surface area contributed by atoms with E-state index in [0.29, 0.717) is 17.1 Å². The first-order valence-electron chi connectivity index (χ1n) is 8.30. The Morgan fingerprint density at radius 2 is 1.88 bits per heavy atom. The molecule has 6 nitrogen and oxygen atoms in total. The lowest BCUT2D eigenvalue weighted by Gasteiger charge is -2.19. The predicted octanol–water partition coefficient (Wildman–Crippen LogP) is 2.86. The first-order chi connectivity index (χ1) is 11.4. The summed E-state index contributed by atoms with van der Waals surface area (Å²) in [5.74, 6) is -0.603. The molecule has 2 N–H and O–H groups in total. The second-order valence-corrected chi connectivity index (χ2v) is 6.42. The number of carbonyl (C=O) groups excluding carboxylic acids is 1. The van der Waals surface area contributed by atoms with Crippen molar-refractivity contribution in [1.82, 2.24) is 5.32 Å². The second-order valence-electron chi connectivity index (χ2n) is 6.42. The van der Waals surface area contributed by atoms with Crippen LogP contribution in [0.3, 0.4) is 0 Å². The van der Waals surface area contributed by atoms with Crippen LogP contribution in [-0.4, -0.2) is 36.2 Å². The number of rotatable bonds is 7. The fraction of sp³-hybridized carbons (Fsp3) is 0.556. The van der Waals surface area contributed by atoms with Crippen LogP contribution < -0.4 is 14.8 Å². The average Bonchev–Trinajstić information content (AvgIpc) is 3.04. The maximum Gasteiger partial charge on any atom is 0.326 e. The predicted molar refractivity (Wildman–Crippen MR) is 89.6 cm³/mol. The number of carboxylic acids is 1. The lowest BCUT2D eigenvalue weighted by molar-refractivity contribution is -0.140. The summed E-state index contributed by atoms with van der Waals surface area (Å²) in [4.78, 5) is 23.6. The summed E-state index contributed by atoms with van der Waals surface area (Å²) in [5.41, 5.74) is 0.357. The molecule has 0 saturated heterocycles. The standard InChI is InChI=1S/C18H25NO5/c1-11(2)16(18(21)22)19-17(20)12-8-9-14(23-3)15(10-12)24-13-6-4-5-7-13/h8-11,13,16H,4-7H2,1-3H3,(H,19,20)(H,21,22)/t16-/m1/s1. The molecule has 0 heterocycles. The van der Waals surface area contributed by atoms with Crippen molar-refractivity contribution in [3.63, 3.8) is 0 Å². The number of hydrogen-bond donors (Lipinski definition) is 2. The minimum Gasteiger partial charge on any atom is -0.493 e. The number of aliphatic carboxylic acids is 1. The van der Waals surface area contributed by atoms with E-state index in [9.17, 15) is 14.7 Å². The summed E-state index contributed by atoms with van der Waals surface area (Å²) in [6, 6.07) is 3.96. The zero-order valence-corrected chi connectivity index (χ0v) is 14.4. The molecule has 0 aromatic heterocycles. The molecule has 1 atom stereocenters. The molecule has 1 amide bonds. The summed E-state index contributed by atoms with van der Waals surface area (Å²) < 4.78 is 11.3. The molecule has 1 aromatic rings. The summed E-state index contributed by atoms with van der Waals surface area (Å²) in [6.45, 7) is 3.50. The van der Waals surface area contributed by atoms with Gasteiger partial charge in [-0.05, 0) is 49.8 Å². The van der Waals surface area contributed by atoms with E-state index in [1.165, 1.54) is 0 Å². The third-order valence-corrected chi connectivity index (χ3v) is 4.24. The normalized spacial score (nSPS) is 16.0. The number of nitrogens with one attached hydrogen (secondary N) is 1. The largest absolute Gasteiger partial charge is 0.493 e. The molecule has 0 bridgehead atoms. The van der Waals surface area contributed by atoms with Gasteiger partial charge in [-0.25, -0.2) is 4.79 Å². The molecule has 0 radical (unpaired) electrons. The van der Waals surface area contributed by atoms with Crippen LogP contribution in [-0.2, 0) is 4.79 Å². The highest BCUT2D eigenvalue weighted by atomic mass is 16.5. The van der Waals surface area contributed by atoms with Gasteiger partial charge in [0.05, 0.1) is 13.2 Å². The Balaban J connectivity index is 2.17. The Bertz CT molecular complexity index is 593.